The molecule has 4 unspecified atom stereocenters. The second kappa shape index (κ2) is 6.67. The number of fused-ring (bicyclic) bond motifs is 1. The van der Waals surface area contributed by atoms with Gasteiger partial charge in [-0.05, 0) is 42.9 Å². The van der Waals surface area contributed by atoms with Crippen molar-refractivity contribution in [2.75, 3.05) is 4.90 Å². The number of carbonyl (C=O) groups excluding carboxylic acids is 2. The molecule has 0 saturated heterocycles. The Morgan fingerprint density at radius 1 is 1.29 bits per heavy atom. The minimum absolute atomic E-state index is 0.0168. The van der Waals surface area contributed by atoms with Gasteiger partial charge in [0, 0.05) is 5.02 Å². The molecular weight excluding hydrogens is 398 g/mol. The minimum atomic E-state index is -0.597. The average Bonchev–Trinajstić information content (AvgIpc) is 3.29. The molecule has 8 heteroatoms. The molecule has 0 spiro atoms. The van der Waals surface area contributed by atoms with Gasteiger partial charge in [-0.2, -0.15) is 0 Å². The van der Waals surface area contributed by atoms with Crippen molar-refractivity contribution >= 4 is 39.8 Å². The van der Waals surface area contributed by atoms with Crippen LogP contribution in [-0.2, 0) is 14.3 Å². The van der Waals surface area contributed by atoms with Crippen LogP contribution in [0, 0.1) is 11.8 Å². The molecule has 28 heavy (non-hydrogen) atoms. The zero-order valence-corrected chi connectivity index (χ0v) is 16.7. The number of aromatic nitrogens is 2. The van der Waals surface area contributed by atoms with Gasteiger partial charge in [0.2, 0.25) is 5.13 Å². The first-order valence-corrected chi connectivity index (χ1v) is 10.6. The quantitative estimate of drug-likeness (QED) is 0.742. The van der Waals surface area contributed by atoms with Gasteiger partial charge in [-0.1, -0.05) is 42.0 Å². The van der Waals surface area contributed by atoms with Gasteiger partial charge in [0.05, 0.1) is 17.5 Å². The van der Waals surface area contributed by atoms with E-state index >= 15 is 0 Å². The lowest BCUT2D eigenvalue weighted by Gasteiger charge is -2.37. The maximum atomic E-state index is 13.5. The van der Waals surface area contributed by atoms with Crippen LogP contribution in [0.3, 0.4) is 0 Å². The van der Waals surface area contributed by atoms with E-state index in [9.17, 15) is 9.59 Å². The highest BCUT2D eigenvalue weighted by atomic mass is 35.5. The minimum Gasteiger partial charge on any atom is -0.483 e. The third-order valence-electron chi connectivity index (χ3n) is 5.83. The van der Waals surface area contributed by atoms with Gasteiger partial charge in [-0.25, -0.2) is 0 Å². The predicted molar refractivity (Wildman–Crippen MR) is 105 cm³/mol. The third-order valence-corrected chi connectivity index (χ3v) is 6.75. The fourth-order valence-corrected chi connectivity index (χ4v) is 5.32. The van der Waals surface area contributed by atoms with E-state index in [1.54, 1.807) is 17.6 Å². The van der Waals surface area contributed by atoms with Crippen LogP contribution in [0.5, 0.6) is 0 Å². The number of ether oxygens (including phenoxy) is 1. The Kier molecular flexibility index (Phi) is 4.25. The first kappa shape index (κ1) is 17.8. The fourth-order valence-electron chi connectivity index (χ4n) is 4.54. The summed E-state index contributed by atoms with van der Waals surface area (Å²) in [7, 11) is 0. The number of hydrogen-bond acceptors (Lipinski definition) is 6. The van der Waals surface area contributed by atoms with Gasteiger partial charge in [-0.3, -0.25) is 14.5 Å². The van der Waals surface area contributed by atoms with Gasteiger partial charge in [0.25, 0.3) is 5.91 Å². The van der Waals surface area contributed by atoms with E-state index in [0.29, 0.717) is 21.6 Å². The normalized spacial score (nSPS) is 29.6. The van der Waals surface area contributed by atoms with Crippen LogP contribution in [0.2, 0.25) is 5.02 Å². The number of rotatable bonds is 2. The van der Waals surface area contributed by atoms with E-state index in [4.69, 9.17) is 16.3 Å². The highest BCUT2D eigenvalue weighted by Crippen LogP contribution is 2.49. The van der Waals surface area contributed by atoms with Crippen molar-refractivity contribution in [1.82, 2.24) is 10.2 Å². The number of nitrogens with zero attached hydrogens (tertiary/aromatic N) is 3. The molecule has 0 bridgehead atoms. The number of amides is 1. The summed E-state index contributed by atoms with van der Waals surface area (Å²) < 4.78 is 6.15. The van der Waals surface area contributed by atoms with Crippen LogP contribution >= 0.6 is 22.9 Å². The summed E-state index contributed by atoms with van der Waals surface area (Å²) in [5.74, 6) is 0.120. The Labute approximate surface area is 171 Å². The van der Waals surface area contributed by atoms with E-state index in [0.717, 1.165) is 24.8 Å². The summed E-state index contributed by atoms with van der Waals surface area (Å²) in [6, 6.07) is 6.64. The van der Waals surface area contributed by atoms with Gasteiger partial charge in [0.1, 0.15) is 11.6 Å². The second-order valence-electron chi connectivity index (χ2n) is 7.64. The molecule has 144 valence electrons. The summed E-state index contributed by atoms with van der Waals surface area (Å²) in [5.41, 5.74) is 2.76. The van der Waals surface area contributed by atoms with Crippen molar-refractivity contribution in [3.05, 3.63) is 51.7 Å². The summed E-state index contributed by atoms with van der Waals surface area (Å²) in [6.45, 7) is 2.16. The van der Waals surface area contributed by atoms with Gasteiger partial charge in [-0.15, -0.1) is 10.2 Å². The molecule has 6 nitrogen and oxygen atoms in total. The topological polar surface area (TPSA) is 72.4 Å². The van der Waals surface area contributed by atoms with E-state index in [-0.39, 0.29) is 29.5 Å². The summed E-state index contributed by atoms with van der Waals surface area (Å²) in [5, 5.41) is 8.94. The standard InChI is InChI=1S/C20H18ClN3O3S/c1-10-5-6-14-13(7-10)17(25)15-16(11-3-2-4-12(21)8-11)24(19(26)18(15)27-14)20-23-22-9-28-20/h2-4,8-10,13-14,16H,5-7H2,1H3. The number of benzene rings is 1. The number of Topliss-reactive ketones (excluding diaryl/α,β-unsaturated/α-hetero) is 1. The van der Waals surface area contributed by atoms with Crippen molar-refractivity contribution in [3.63, 3.8) is 0 Å². The molecule has 3 aliphatic rings. The Morgan fingerprint density at radius 2 is 2.14 bits per heavy atom. The predicted octanol–water partition coefficient (Wildman–Crippen LogP) is 3.94. The fraction of sp³-hybridized carbons (Fsp3) is 0.400. The van der Waals surface area contributed by atoms with Gasteiger partial charge >= 0.3 is 0 Å². The summed E-state index contributed by atoms with van der Waals surface area (Å²) in [6.07, 6.45) is 2.36. The molecule has 1 amide bonds. The summed E-state index contributed by atoms with van der Waals surface area (Å²) >= 11 is 7.47. The first-order chi connectivity index (χ1) is 13.5. The number of ketones is 1. The molecule has 1 aromatic heterocycles. The largest absolute Gasteiger partial charge is 0.483 e. The number of carbonyl (C=O) groups is 2. The number of halogens is 1. The molecule has 0 radical (unpaired) electrons. The lowest BCUT2D eigenvalue weighted by molar-refractivity contribution is -0.132. The molecule has 2 aliphatic heterocycles. The maximum absolute atomic E-state index is 13.5. The van der Waals surface area contributed by atoms with Crippen molar-refractivity contribution < 1.29 is 14.3 Å². The molecular formula is C20H18ClN3O3S. The van der Waals surface area contributed by atoms with Gasteiger partial charge in [0.15, 0.2) is 11.5 Å². The van der Waals surface area contributed by atoms with E-state index in [2.05, 4.69) is 17.1 Å². The smallest absolute Gasteiger partial charge is 0.296 e. The molecule has 2 aromatic rings. The zero-order chi connectivity index (χ0) is 19.4. The molecule has 3 heterocycles. The van der Waals surface area contributed by atoms with Crippen LogP contribution in [0.25, 0.3) is 0 Å². The molecule has 1 fully saturated rings. The lowest BCUT2D eigenvalue weighted by Crippen LogP contribution is -2.41. The monoisotopic (exact) mass is 415 g/mol. The van der Waals surface area contributed by atoms with Crippen LogP contribution in [0.15, 0.2) is 41.1 Å². The van der Waals surface area contributed by atoms with Crippen molar-refractivity contribution in [1.29, 1.82) is 0 Å². The number of anilines is 1. The van der Waals surface area contributed by atoms with Crippen molar-refractivity contribution in [2.45, 2.75) is 38.3 Å². The second-order valence-corrected chi connectivity index (χ2v) is 8.89. The van der Waals surface area contributed by atoms with Crippen molar-refractivity contribution in [2.24, 2.45) is 11.8 Å². The SMILES string of the molecule is CC1CCC2OC3=C(C(=O)C2C1)C(c1cccc(Cl)c1)N(c1nncs1)C3=O. The Hall–Kier alpha value is -2.25. The Morgan fingerprint density at radius 3 is 2.89 bits per heavy atom. The van der Waals surface area contributed by atoms with E-state index < -0.39 is 6.04 Å². The van der Waals surface area contributed by atoms with Crippen LogP contribution in [-0.4, -0.2) is 28.0 Å². The van der Waals surface area contributed by atoms with Gasteiger partial charge < -0.3 is 4.74 Å². The van der Waals surface area contributed by atoms with Crippen LogP contribution in [0.4, 0.5) is 5.13 Å². The molecule has 5 rings (SSSR count). The maximum Gasteiger partial charge on any atom is 0.296 e. The highest BCUT2D eigenvalue weighted by molar-refractivity contribution is 7.13. The molecule has 1 aliphatic carbocycles. The Balaban J connectivity index is 1.65. The van der Waals surface area contributed by atoms with E-state index in [1.165, 1.54) is 16.2 Å². The van der Waals surface area contributed by atoms with Crippen LogP contribution in [0.1, 0.15) is 37.8 Å². The van der Waals surface area contributed by atoms with Crippen molar-refractivity contribution in [3.8, 4) is 0 Å². The molecule has 0 N–H and O–H groups in total. The molecule has 1 aromatic carbocycles. The Bertz CT molecular complexity index is 990. The summed E-state index contributed by atoms with van der Waals surface area (Å²) in [4.78, 5) is 28.3. The average molecular weight is 416 g/mol. The number of hydrogen-bond donors (Lipinski definition) is 0. The van der Waals surface area contributed by atoms with E-state index in [1.807, 2.05) is 12.1 Å². The first-order valence-electron chi connectivity index (χ1n) is 9.35. The lowest BCUT2D eigenvalue weighted by atomic mass is 9.74. The molecule has 1 saturated carbocycles. The zero-order valence-electron chi connectivity index (χ0n) is 15.2. The van der Waals surface area contributed by atoms with Crippen LogP contribution < -0.4 is 4.90 Å². The third kappa shape index (κ3) is 2.68. The highest BCUT2D eigenvalue weighted by Gasteiger charge is 2.53. The molecule has 4 atom stereocenters.